The summed E-state index contributed by atoms with van der Waals surface area (Å²) in [4.78, 5) is 24.6. The maximum atomic E-state index is 12.5. The van der Waals surface area contributed by atoms with Gasteiger partial charge in [0.25, 0.3) is 5.69 Å². The van der Waals surface area contributed by atoms with Gasteiger partial charge in [-0.25, -0.2) is 4.79 Å². The molecular formula is C19H28N2O5. The molecule has 0 radical (unpaired) electrons. The second-order valence-corrected chi connectivity index (χ2v) is 8.30. The van der Waals surface area contributed by atoms with Gasteiger partial charge in [-0.3, -0.25) is 10.1 Å². The minimum absolute atomic E-state index is 0.0315. The molecule has 144 valence electrons. The predicted octanol–water partition coefficient (Wildman–Crippen LogP) is 4.54. The van der Waals surface area contributed by atoms with Crippen molar-refractivity contribution in [2.24, 2.45) is 0 Å². The first-order valence-corrected chi connectivity index (χ1v) is 8.85. The van der Waals surface area contributed by atoms with Crippen molar-refractivity contribution in [3.8, 4) is 5.75 Å². The molecule has 1 aliphatic rings. The number of benzene rings is 1. The molecule has 1 saturated heterocycles. The molecule has 1 heterocycles. The first kappa shape index (κ1) is 20.0. The summed E-state index contributed by atoms with van der Waals surface area (Å²) in [6, 6.07) is 5.99. The number of carbonyl (C=O) groups excluding carboxylic acids is 1. The third-order valence-corrected chi connectivity index (χ3v) is 4.42. The third-order valence-electron chi connectivity index (χ3n) is 4.42. The summed E-state index contributed by atoms with van der Waals surface area (Å²) in [6.07, 6.45) is 0.983. The van der Waals surface area contributed by atoms with Gasteiger partial charge in [-0.1, -0.05) is 0 Å². The maximum absolute atomic E-state index is 12.5. The van der Waals surface area contributed by atoms with Crippen LogP contribution in [0.2, 0.25) is 0 Å². The van der Waals surface area contributed by atoms with Crippen molar-refractivity contribution in [3.05, 3.63) is 34.4 Å². The smallest absolute Gasteiger partial charge is 0.410 e. The van der Waals surface area contributed by atoms with Crippen molar-refractivity contribution in [1.82, 2.24) is 4.90 Å². The van der Waals surface area contributed by atoms with Crippen molar-refractivity contribution in [1.29, 1.82) is 0 Å². The van der Waals surface area contributed by atoms with Crippen LogP contribution in [0.25, 0.3) is 0 Å². The molecule has 1 aromatic rings. The molecule has 7 nitrogen and oxygen atoms in total. The first-order chi connectivity index (χ1) is 11.9. The summed E-state index contributed by atoms with van der Waals surface area (Å²) in [5.41, 5.74) is -0.969. The van der Waals surface area contributed by atoms with E-state index in [-0.39, 0.29) is 23.9 Å². The van der Waals surface area contributed by atoms with E-state index in [0.29, 0.717) is 18.6 Å². The minimum Gasteiger partial charge on any atom is -0.487 e. The summed E-state index contributed by atoms with van der Waals surface area (Å²) in [5, 5.41) is 10.8. The number of piperidine rings is 1. The van der Waals surface area contributed by atoms with Crippen LogP contribution in [0.5, 0.6) is 5.75 Å². The lowest BCUT2D eigenvalue weighted by Gasteiger charge is -2.47. The zero-order valence-electron chi connectivity index (χ0n) is 16.3. The van der Waals surface area contributed by atoms with E-state index in [1.807, 2.05) is 41.5 Å². The second-order valence-electron chi connectivity index (χ2n) is 8.30. The van der Waals surface area contributed by atoms with Gasteiger partial charge in [-0.05, 0) is 53.7 Å². The number of rotatable bonds is 3. The fourth-order valence-electron chi connectivity index (χ4n) is 3.64. The van der Waals surface area contributed by atoms with Crippen LogP contribution in [0.15, 0.2) is 24.3 Å². The molecule has 0 N–H and O–H groups in total. The number of hydrogen-bond acceptors (Lipinski definition) is 5. The standard InChI is InChI=1S/C19H28N2O5/c1-13-11-19(6,25-16-9-7-15(8-10-16)21(23)24)12-14(2)20(13)17(22)26-18(3,4)5/h7-10,13-14H,11-12H2,1-6H3. The van der Waals surface area contributed by atoms with Gasteiger partial charge in [0.05, 0.1) is 4.92 Å². The van der Waals surface area contributed by atoms with E-state index >= 15 is 0 Å². The van der Waals surface area contributed by atoms with Crippen molar-refractivity contribution in [3.63, 3.8) is 0 Å². The van der Waals surface area contributed by atoms with E-state index < -0.39 is 16.1 Å². The quantitative estimate of drug-likeness (QED) is 0.581. The SMILES string of the molecule is CC1CC(C)(Oc2ccc([N+](=O)[O-])cc2)CC(C)N1C(=O)OC(C)(C)C. The van der Waals surface area contributed by atoms with Crippen LogP contribution >= 0.6 is 0 Å². The molecule has 7 heteroatoms. The largest absolute Gasteiger partial charge is 0.487 e. The molecule has 2 rings (SSSR count). The molecule has 0 aliphatic carbocycles. The highest BCUT2D eigenvalue weighted by Gasteiger charge is 2.43. The first-order valence-electron chi connectivity index (χ1n) is 8.85. The van der Waals surface area contributed by atoms with Gasteiger partial charge in [-0.2, -0.15) is 0 Å². The van der Waals surface area contributed by atoms with Crippen LogP contribution in [-0.4, -0.2) is 39.2 Å². The number of carbonyl (C=O) groups is 1. The zero-order valence-corrected chi connectivity index (χ0v) is 16.3. The normalized spacial score (nSPS) is 26.3. The zero-order chi connectivity index (χ0) is 19.7. The van der Waals surface area contributed by atoms with Gasteiger partial charge >= 0.3 is 6.09 Å². The van der Waals surface area contributed by atoms with Crippen molar-refractivity contribution >= 4 is 11.8 Å². The van der Waals surface area contributed by atoms with E-state index in [2.05, 4.69) is 0 Å². The van der Waals surface area contributed by atoms with Crippen LogP contribution < -0.4 is 4.74 Å². The summed E-state index contributed by atoms with van der Waals surface area (Å²) in [7, 11) is 0. The summed E-state index contributed by atoms with van der Waals surface area (Å²) < 4.78 is 11.7. The van der Waals surface area contributed by atoms with Crippen LogP contribution in [0.1, 0.15) is 54.4 Å². The van der Waals surface area contributed by atoms with Crippen LogP contribution in [-0.2, 0) is 4.74 Å². The summed E-state index contributed by atoms with van der Waals surface area (Å²) in [6.45, 7) is 11.5. The highest BCUT2D eigenvalue weighted by Crippen LogP contribution is 2.36. The van der Waals surface area contributed by atoms with Crippen LogP contribution in [0, 0.1) is 10.1 Å². The van der Waals surface area contributed by atoms with Crippen molar-refractivity contribution in [2.45, 2.75) is 77.7 Å². The molecule has 0 saturated carbocycles. The molecule has 1 amide bonds. The Morgan fingerprint density at radius 2 is 1.69 bits per heavy atom. The van der Waals surface area contributed by atoms with E-state index in [1.165, 1.54) is 12.1 Å². The number of ether oxygens (including phenoxy) is 2. The molecule has 2 atom stereocenters. The minimum atomic E-state index is -0.535. The predicted molar refractivity (Wildman–Crippen MR) is 98.4 cm³/mol. The van der Waals surface area contributed by atoms with Gasteiger partial charge in [0.2, 0.25) is 0 Å². The van der Waals surface area contributed by atoms with Gasteiger partial charge in [-0.15, -0.1) is 0 Å². The summed E-state index contributed by atoms with van der Waals surface area (Å²) >= 11 is 0. The van der Waals surface area contributed by atoms with Gasteiger partial charge < -0.3 is 14.4 Å². The van der Waals surface area contributed by atoms with E-state index in [1.54, 1.807) is 17.0 Å². The van der Waals surface area contributed by atoms with Crippen LogP contribution in [0.3, 0.4) is 0 Å². The summed E-state index contributed by atoms with van der Waals surface area (Å²) in [5.74, 6) is 0.586. The van der Waals surface area contributed by atoms with Crippen LogP contribution in [0.4, 0.5) is 10.5 Å². The molecule has 0 spiro atoms. The molecule has 0 bridgehead atoms. The number of likely N-dealkylation sites (tertiary alicyclic amines) is 1. The molecule has 1 aromatic carbocycles. The molecule has 2 unspecified atom stereocenters. The van der Waals surface area contributed by atoms with Gasteiger partial charge in [0.1, 0.15) is 17.0 Å². The second kappa shape index (κ2) is 7.13. The van der Waals surface area contributed by atoms with Crippen molar-refractivity contribution < 1.29 is 19.2 Å². The molecular weight excluding hydrogens is 336 g/mol. The van der Waals surface area contributed by atoms with Gasteiger partial charge in [0.15, 0.2) is 0 Å². The highest BCUT2D eigenvalue weighted by molar-refractivity contribution is 5.69. The Morgan fingerprint density at radius 3 is 2.12 bits per heavy atom. The third kappa shape index (κ3) is 4.86. The van der Waals surface area contributed by atoms with Crippen molar-refractivity contribution in [2.75, 3.05) is 0 Å². The number of nitro benzene ring substituents is 1. The lowest BCUT2D eigenvalue weighted by atomic mass is 9.84. The number of hydrogen-bond donors (Lipinski definition) is 0. The number of amides is 1. The fraction of sp³-hybridized carbons (Fsp3) is 0.632. The molecule has 1 aliphatic heterocycles. The average Bonchev–Trinajstić information content (AvgIpc) is 2.44. The Bertz CT molecular complexity index is 654. The fourth-order valence-corrected chi connectivity index (χ4v) is 3.64. The average molecular weight is 364 g/mol. The Morgan fingerprint density at radius 1 is 1.19 bits per heavy atom. The number of nitrogens with zero attached hydrogens (tertiary/aromatic N) is 2. The Labute approximate surface area is 154 Å². The molecule has 0 aromatic heterocycles. The Balaban J connectivity index is 2.08. The Hall–Kier alpha value is -2.31. The number of nitro groups is 1. The maximum Gasteiger partial charge on any atom is 0.410 e. The van der Waals surface area contributed by atoms with E-state index in [4.69, 9.17) is 9.47 Å². The molecule has 1 fully saturated rings. The number of non-ortho nitro benzene ring substituents is 1. The lowest BCUT2D eigenvalue weighted by molar-refractivity contribution is -0.384. The molecule has 26 heavy (non-hydrogen) atoms. The highest BCUT2D eigenvalue weighted by atomic mass is 16.6. The van der Waals surface area contributed by atoms with Gasteiger partial charge in [0, 0.05) is 37.1 Å². The monoisotopic (exact) mass is 364 g/mol. The van der Waals surface area contributed by atoms with E-state index in [9.17, 15) is 14.9 Å². The lowest BCUT2D eigenvalue weighted by Crippen LogP contribution is -2.57. The topological polar surface area (TPSA) is 81.9 Å². The van der Waals surface area contributed by atoms with E-state index in [0.717, 1.165) is 0 Å². The Kier molecular flexibility index (Phi) is 5.49.